The molecule has 0 aliphatic carbocycles. The molecule has 0 spiro atoms. The van der Waals surface area contributed by atoms with Crippen molar-refractivity contribution in [3.63, 3.8) is 0 Å². The first kappa shape index (κ1) is 24.8. The van der Waals surface area contributed by atoms with E-state index in [0.717, 1.165) is 11.1 Å². The van der Waals surface area contributed by atoms with Crippen molar-refractivity contribution in [1.82, 2.24) is 14.8 Å². The van der Waals surface area contributed by atoms with Gasteiger partial charge in [0.25, 0.3) is 0 Å². The summed E-state index contributed by atoms with van der Waals surface area (Å²) in [6, 6.07) is 14.1. The van der Waals surface area contributed by atoms with E-state index in [1.807, 2.05) is 31.2 Å². The van der Waals surface area contributed by atoms with Crippen molar-refractivity contribution in [2.45, 2.75) is 38.1 Å². The first-order chi connectivity index (χ1) is 16.8. The number of nitrogens with zero attached hydrogens (tertiary/aromatic N) is 2. The van der Waals surface area contributed by atoms with Crippen molar-refractivity contribution in [3.8, 4) is 0 Å². The van der Waals surface area contributed by atoms with Gasteiger partial charge in [-0.3, -0.25) is 4.79 Å². The lowest BCUT2D eigenvalue weighted by atomic mass is 9.97. The van der Waals surface area contributed by atoms with Gasteiger partial charge in [0.05, 0.1) is 0 Å². The number of sulfonamides is 1. The summed E-state index contributed by atoms with van der Waals surface area (Å²) < 4.78 is 47.4. The van der Waals surface area contributed by atoms with Gasteiger partial charge in [0, 0.05) is 31.1 Å². The van der Waals surface area contributed by atoms with E-state index in [0.29, 0.717) is 24.9 Å². The van der Waals surface area contributed by atoms with Gasteiger partial charge in [0.2, 0.25) is 15.9 Å². The lowest BCUT2D eigenvalue weighted by Gasteiger charge is -2.30. The molecule has 1 fully saturated rings. The van der Waals surface area contributed by atoms with Crippen LogP contribution in [0.1, 0.15) is 41.0 Å². The van der Waals surface area contributed by atoms with E-state index < -0.39 is 15.8 Å². The lowest BCUT2D eigenvalue weighted by Crippen LogP contribution is -2.43. The van der Waals surface area contributed by atoms with E-state index in [2.05, 4.69) is 10.5 Å². The number of halogens is 1. The van der Waals surface area contributed by atoms with Gasteiger partial charge in [-0.15, -0.1) is 0 Å². The SMILES string of the molecule is Cc1cccc(CNC(=O)C2CCN(S(=O)(=O)c3c(C)noc3C=Cc3ccccc3F)CC2)c1. The summed E-state index contributed by atoms with van der Waals surface area (Å²) in [5.74, 6) is -0.704. The number of aryl methyl sites for hydroxylation is 2. The first-order valence-corrected chi connectivity index (χ1v) is 12.9. The van der Waals surface area contributed by atoms with E-state index in [1.54, 1.807) is 25.1 Å². The Balaban J connectivity index is 1.41. The minimum atomic E-state index is -3.90. The van der Waals surface area contributed by atoms with Crippen LogP contribution in [0.15, 0.2) is 57.9 Å². The molecule has 0 bridgehead atoms. The largest absolute Gasteiger partial charge is 0.355 e. The predicted octanol–water partition coefficient (Wildman–Crippen LogP) is 4.32. The first-order valence-electron chi connectivity index (χ1n) is 11.5. The maximum absolute atomic E-state index is 13.9. The molecule has 0 atom stereocenters. The number of carbonyl (C=O) groups excluding carboxylic acids is 1. The Hall–Kier alpha value is -3.30. The highest BCUT2D eigenvalue weighted by Crippen LogP contribution is 2.29. The monoisotopic (exact) mass is 497 g/mol. The number of rotatable bonds is 7. The molecule has 0 radical (unpaired) electrons. The number of benzene rings is 2. The van der Waals surface area contributed by atoms with Crippen LogP contribution in [0.2, 0.25) is 0 Å². The molecule has 3 aromatic rings. The van der Waals surface area contributed by atoms with E-state index in [4.69, 9.17) is 4.52 Å². The number of piperidine rings is 1. The Morgan fingerprint density at radius 2 is 1.89 bits per heavy atom. The fourth-order valence-electron chi connectivity index (χ4n) is 4.22. The molecule has 184 valence electrons. The highest BCUT2D eigenvalue weighted by Gasteiger charge is 2.35. The maximum atomic E-state index is 13.9. The molecule has 0 unspecified atom stereocenters. The number of nitrogens with one attached hydrogen (secondary N) is 1. The van der Waals surface area contributed by atoms with Crippen LogP contribution >= 0.6 is 0 Å². The van der Waals surface area contributed by atoms with E-state index >= 15 is 0 Å². The molecule has 9 heteroatoms. The quantitative estimate of drug-likeness (QED) is 0.525. The third-order valence-corrected chi connectivity index (χ3v) is 8.18. The van der Waals surface area contributed by atoms with E-state index in [9.17, 15) is 17.6 Å². The Bertz CT molecular complexity index is 1340. The Morgan fingerprint density at radius 1 is 1.14 bits per heavy atom. The summed E-state index contributed by atoms with van der Waals surface area (Å²) in [4.78, 5) is 12.6. The van der Waals surface area contributed by atoms with Crippen LogP contribution in [0.5, 0.6) is 0 Å². The molecule has 35 heavy (non-hydrogen) atoms. The van der Waals surface area contributed by atoms with Crippen molar-refractivity contribution in [2.75, 3.05) is 13.1 Å². The Morgan fingerprint density at radius 3 is 2.60 bits per heavy atom. The summed E-state index contributed by atoms with van der Waals surface area (Å²) in [5.41, 5.74) is 2.69. The third-order valence-electron chi connectivity index (χ3n) is 6.12. The van der Waals surface area contributed by atoms with Gasteiger partial charge in [-0.1, -0.05) is 53.2 Å². The smallest absolute Gasteiger partial charge is 0.248 e. The molecule has 1 aliphatic rings. The molecule has 1 amide bonds. The van der Waals surface area contributed by atoms with Crippen molar-refractivity contribution < 1.29 is 22.1 Å². The Kier molecular flexibility index (Phi) is 7.47. The zero-order chi connectivity index (χ0) is 25.0. The molecule has 7 nitrogen and oxygen atoms in total. The van der Waals surface area contributed by atoms with Crippen LogP contribution < -0.4 is 5.32 Å². The van der Waals surface area contributed by atoms with Gasteiger partial charge < -0.3 is 9.84 Å². The zero-order valence-electron chi connectivity index (χ0n) is 19.7. The van der Waals surface area contributed by atoms with Crippen LogP contribution in [0.3, 0.4) is 0 Å². The lowest BCUT2D eigenvalue weighted by molar-refractivity contribution is -0.126. The predicted molar refractivity (Wildman–Crippen MR) is 131 cm³/mol. The topological polar surface area (TPSA) is 92.5 Å². The second-order valence-electron chi connectivity index (χ2n) is 8.70. The van der Waals surface area contributed by atoms with Gasteiger partial charge in [-0.25, -0.2) is 12.8 Å². The number of hydrogen-bond donors (Lipinski definition) is 1. The van der Waals surface area contributed by atoms with Crippen molar-refractivity contribution in [1.29, 1.82) is 0 Å². The minimum Gasteiger partial charge on any atom is -0.355 e. The van der Waals surface area contributed by atoms with E-state index in [1.165, 1.54) is 22.5 Å². The molecular weight excluding hydrogens is 469 g/mol. The average molecular weight is 498 g/mol. The highest BCUT2D eigenvalue weighted by molar-refractivity contribution is 7.89. The summed E-state index contributed by atoms with van der Waals surface area (Å²) in [6.45, 7) is 4.43. The Labute approximate surface area is 204 Å². The van der Waals surface area contributed by atoms with Crippen LogP contribution in [0.4, 0.5) is 4.39 Å². The second-order valence-corrected chi connectivity index (χ2v) is 10.6. The molecule has 2 heterocycles. The van der Waals surface area contributed by atoms with Gasteiger partial charge >= 0.3 is 0 Å². The van der Waals surface area contributed by atoms with Gasteiger partial charge in [-0.05, 0) is 50.5 Å². The number of carbonyl (C=O) groups is 1. The second kappa shape index (κ2) is 10.5. The molecule has 1 N–H and O–H groups in total. The van der Waals surface area contributed by atoms with Crippen LogP contribution in [0, 0.1) is 25.6 Å². The van der Waals surface area contributed by atoms with Gasteiger partial charge in [-0.2, -0.15) is 4.31 Å². The van der Waals surface area contributed by atoms with Crippen molar-refractivity contribution >= 4 is 28.1 Å². The van der Waals surface area contributed by atoms with Crippen LogP contribution in [-0.4, -0.2) is 36.9 Å². The third kappa shape index (κ3) is 5.68. The van der Waals surface area contributed by atoms with E-state index in [-0.39, 0.29) is 41.3 Å². The van der Waals surface area contributed by atoms with Gasteiger partial charge in [0.1, 0.15) is 11.5 Å². The highest BCUT2D eigenvalue weighted by atomic mass is 32.2. The summed E-state index contributed by atoms with van der Waals surface area (Å²) in [7, 11) is -3.90. The number of hydrogen-bond acceptors (Lipinski definition) is 5. The van der Waals surface area contributed by atoms with Gasteiger partial charge in [0.15, 0.2) is 10.7 Å². The molecular formula is C26H28FN3O4S. The zero-order valence-corrected chi connectivity index (χ0v) is 20.5. The fourth-order valence-corrected chi connectivity index (χ4v) is 5.94. The fraction of sp³-hybridized carbons (Fsp3) is 0.308. The maximum Gasteiger partial charge on any atom is 0.248 e. The van der Waals surface area contributed by atoms with Crippen molar-refractivity contribution in [3.05, 3.63) is 82.5 Å². The molecule has 4 rings (SSSR count). The summed E-state index contributed by atoms with van der Waals surface area (Å²) in [5, 5.41) is 6.79. The average Bonchev–Trinajstić information content (AvgIpc) is 3.23. The van der Waals surface area contributed by atoms with Crippen LogP contribution in [0.25, 0.3) is 12.2 Å². The molecule has 2 aromatic carbocycles. The number of aromatic nitrogens is 1. The van der Waals surface area contributed by atoms with Crippen LogP contribution in [-0.2, 0) is 21.4 Å². The number of amides is 1. The molecule has 1 saturated heterocycles. The van der Waals surface area contributed by atoms with Crippen molar-refractivity contribution in [2.24, 2.45) is 5.92 Å². The standard InChI is InChI=1S/C26H28FN3O4S/c1-18-6-5-7-20(16-18)17-28-26(31)22-12-14-30(15-13-22)35(32,33)25-19(2)29-34-24(25)11-10-21-8-3-4-9-23(21)27/h3-11,16,22H,12-15,17H2,1-2H3,(H,28,31). The minimum absolute atomic E-state index is 0.0348. The summed E-state index contributed by atoms with van der Waals surface area (Å²) >= 11 is 0. The molecule has 1 aromatic heterocycles. The molecule has 0 saturated carbocycles. The normalized spacial score (nSPS) is 15.5. The summed E-state index contributed by atoms with van der Waals surface area (Å²) in [6.07, 6.45) is 3.71. The molecule has 1 aliphatic heterocycles.